The molecule has 0 amide bonds. The summed E-state index contributed by atoms with van der Waals surface area (Å²) in [6, 6.07) is 4.97. The Kier molecular flexibility index (Phi) is 8.07. The second-order valence-corrected chi connectivity index (χ2v) is 14.6. The lowest BCUT2D eigenvalue weighted by molar-refractivity contribution is -0.158. The van der Waals surface area contributed by atoms with Gasteiger partial charge in [-0.1, -0.05) is 31.9 Å². The molecular formula is C25H36N2O7S2. The number of Topliss-reactive ketones (excluding diaryl/α,β-unsaturated/α-hetero) is 2. The number of aryl methyl sites for hydroxylation is 1. The molecule has 4 rings (SSSR count). The summed E-state index contributed by atoms with van der Waals surface area (Å²) in [7, 11) is -7.46. The number of fused-ring (bicyclic) bond motifs is 2. The van der Waals surface area contributed by atoms with E-state index in [1.165, 1.54) is 12.1 Å². The highest BCUT2D eigenvalue weighted by Gasteiger charge is 2.59. The van der Waals surface area contributed by atoms with Crippen molar-refractivity contribution in [3.63, 3.8) is 0 Å². The number of carbonyl (C=O) groups is 2. The Labute approximate surface area is 213 Å². The van der Waals surface area contributed by atoms with Crippen LogP contribution in [0.1, 0.15) is 51.0 Å². The molecule has 9 nitrogen and oxygen atoms in total. The number of sulfonamides is 1. The fourth-order valence-corrected chi connectivity index (χ4v) is 9.30. The van der Waals surface area contributed by atoms with Crippen LogP contribution in [0.4, 0.5) is 0 Å². The van der Waals surface area contributed by atoms with Gasteiger partial charge in [-0.05, 0) is 49.3 Å². The average Bonchev–Trinajstić information content (AvgIpc) is 2.86. The van der Waals surface area contributed by atoms with E-state index in [-0.39, 0.29) is 41.1 Å². The molecule has 200 valence electrons. The van der Waals surface area contributed by atoms with Gasteiger partial charge < -0.3 is 10.8 Å². The third-order valence-electron chi connectivity index (χ3n) is 8.24. The topological polar surface area (TPSA) is 161 Å². The monoisotopic (exact) mass is 540 g/mol. The van der Waals surface area contributed by atoms with Gasteiger partial charge in [0.1, 0.15) is 11.6 Å². The van der Waals surface area contributed by atoms with Crippen molar-refractivity contribution in [3.05, 3.63) is 29.8 Å². The highest BCUT2D eigenvalue weighted by atomic mass is 32.2. The molecule has 36 heavy (non-hydrogen) atoms. The lowest BCUT2D eigenvalue weighted by atomic mass is 9.56. The molecule has 0 aromatic heterocycles. The number of nitrogens with one attached hydrogen (secondary N) is 1. The molecule has 0 radical (unpaired) electrons. The van der Waals surface area contributed by atoms with Crippen molar-refractivity contribution >= 4 is 31.4 Å². The van der Waals surface area contributed by atoms with Gasteiger partial charge in [0.25, 0.3) is 0 Å². The average molecular weight is 541 g/mol. The van der Waals surface area contributed by atoms with E-state index in [1.54, 1.807) is 12.1 Å². The van der Waals surface area contributed by atoms with Gasteiger partial charge in [0, 0.05) is 30.8 Å². The number of sulfone groups is 1. The summed E-state index contributed by atoms with van der Waals surface area (Å²) in [6.07, 6.45) is 2.64. The summed E-state index contributed by atoms with van der Waals surface area (Å²) in [5.41, 5.74) is 7.03. The molecule has 3 saturated carbocycles. The second-order valence-electron chi connectivity index (χ2n) is 10.4. The van der Waals surface area contributed by atoms with Gasteiger partial charge in [-0.15, -0.1) is 0 Å². The zero-order chi connectivity index (χ0) is 26.3. The number of ketones is 2. The van der Waals surface area contributed by atoms with Crippen LogP contribution in [0.2, 0.25) is 0 Å². The largest absolute Gasteiger partial charge is 0.392 e. The van der Waals surface area contributed by atoms with Crippen LogP contribution in [0, 0.1) is 23.7 Å². The summed E-state index contributed by atoms with van der Waals surface area (Å²) in [4.78, 5) is 26.5. The SMILES string of the molecule is CCCNS(=O)(=O)c1ccc(CCS(=O)(=O)C2CC(=O)C3C(O)C4CCCCC4C(=O)C3C2N)cc1. The number of carbonyl (C=O) groups excluding carboxylic acids is 2. The maximum Gasteiger partial charge on any atom is 0.240 e. The van der Waals surface area contributed by atoms with Gasteiger partial charge in [0.2, 0.25) is 10.0 Å². The molecule has 7 unspecified atom stereocenters. The Bertz CT molecular complexity index is 1200. The van der Waals surface area contributed by atoms with Crippen LogP contribution in [0.5, 0.6) is 0 Å². The minimum Gasteiger partial charge on any atom is -0.392 e. The van der Waals surface area contributed by atoms with Crippen LogP contribution in [0.25, 0.3) is 0 Å². The highest BCUT2D eigenvalue weighted by molar-refractivity contribution is 7.92. The minimum atomic E-state index is -3.85. The Balaban J connectivity index is 1.47. The summed E-state index contributed by atoms with van der Waals surface area (Å²) < 4.78 is 53.6. The fraction of sp³-hybridized carbons (Fsp3) is 0.680. The van der Waals surface area contributed by atoms with Gasteiger partial charge in [0.05, 0.1) is 27.9 Å². The zero-order valence-corrected chi connectivity index (χ0v) is 22.1. The van der Waals surface area contributed by atoms with Crippen molar-refractivity contribution in [2.45, 2.75) is 74.2 Å². The number of benzene rings is 1. The quantitative estimate of drug-likeness (QED) is 0.440. The molecule has 0 aliphatic heterocycles. The van der Waals surface area contributed by atoms with Gasteiger partial charge in [-0.2, -0.15) is 0 Å². The normalized spacial score (nSPS) is 33.1. The second kappa shape index (κ2) is 10.6. The van der Waals surface area contributed by atoms with Crippen molar-refractivity contribution in [1.82, 2.24) is 4.72 Å². The molecule has 0 bridgehead atoms. The Morgan fingerprint density at radius 1 is 1.03 bits per heavy atom. The Morgan fingerprint density at radius 3 is 2.36 bits per heavy atom. The van der Waals surface area contributed by atoms with Gasteiger partial charge >= 0.3 is 0 Å². The van der Waals surface area contributed by atoms with Crippen molar-refractivity contribution < 1.29 is 31.5 Å². The van der Waals surface area contributed by atoms with E-state index in [4.69, 9.17) is 5.73 Å². The van der Waals surface area contributed by atoms with Gasteiger partial charge in [0.15, 0.2) is 9.84 Å². The number of aliphatic hydroxyl groups is 1. The fourth-order valence-electron chi connectivity index (χ4n) is 6.28. The smallest absolute Gasteiger partial charge is 0.240 e. The van der Waals surface area contributed by atoms with Crippen LogP contribution in [0.15, 0.2) is 29.2 Å². The lowest BCUT2D eigenvalue weighted by Gasteiger charge is -2.50. The molecule has 3 aliphatic carbocycles. The van der Waals surface area contributed by atoms with E-state index < -0.39 is 54.9 Å². The first-order valence-corrected chi connectivity index (χ1v) is 16.0. The van der Waals surface area contributed by atoms with Crippen LogP contribution < -0.4 is 10.5 Å². The molecule has 1 aromatic rings. The Morgan fingerprint density at radius 2 is 1.69 bits per heavy atom. The van der Waals surface area contributed by atoms with Crippen LogP contribution in [-0.4, -0.2) is 63.2 Å². The first-order chi connectivity index (χ1) is 17.0. The van der Waals surface area contributed by atoms with E-state index in [1.807, 2.05) is 6.92 Å². The maximum absolute atomic E-state index is 13.3. The number of rotatable bonds is 8. The third-order valence-corrected chi connectivity index (χ3v) is 11.9. The number of nitrogens with two attached hydrogens (primary N) is 1. The highest BCUT2D eigenvalue weighted by Crippen LogP contribution is 2.47. The van der Waals surface area contributed by atoms with Crippen molar-refractivity contribution in [3.8, 4) is 0 Å². The predicted molar refractivity (Wildman–Crippen MR) is 134 cm³/mol. The minimum absolute atomic E-state index is 0.101. The van der Waals surface area contributed by atoms with Crippen molar-refractivity contribution in [2.24, 2.45) is 29.4 Å². The van der Waals surface area contributed by atoms with Gasteiger partial charge in [-0.25, -0.2) is 21.6 Å². The van der Waals surface area contributed by atoms with Crippen molar-refractivity contribution in [2.75, 3.05) is 12.3 Å². The third kappa shape index (κ3) is 5.18. The summed E-state index contributed by atoms with van der Waals surface area (Å²) in [5.74, 6) is -3.34. The lowest BCUT2D eigenvalue weighted by Crippen LogP contribution is -2.65. The molecule has 7 atom stereocenters. The molecule has 11 heteroatoms. The van der Waals surface area contributed by atoms with E-state index >= 15 is 0 Å². The van der Waals surface area contributed by atoms with E-state index in [9.17, 15) is 31.5 Å². The number of hydrogen-bond donors (Lipinski definition) is 3. The van der Waals surface area contributed by atoms with Crippen molar-refractivity contribution in [1.29, 1.82) is 0 Å². The molecule has 4 N–H and O–H groups in total. The van der Waals surface area contributed by atoms with Crippen LogP contribution in [0.3, 0.4) is 0 Å². The first-order valence-electron chi connectivity index (χ1n) is 12.8. The molecular weight excluding hydrogens is 504 g/mol. The van der Waals surface area contributed by atoms with Crippen LogP contribution in [-0.2, 0) is 35.9 Å². The summed E-state index contributed by atoms with van der Waals surface area (Å²) >= 11 is 0. The predicted octanol–water partition coefficient (Wildman–Crippen LogP) is 0.983. The molecule has 0 spiro atoms. The molecule has 0 saturated heterocycles. The van der Waals surface area contributed by atoms with Crippen LogP contribution >= 0.6 is 0 Å². The first kappa shape index (κ1) is 27.4. The Hall–Kier alpha value is -1.66. The summed E-state index contributed by atoms with van der Waals surface area (Å²) in [5, 5.41) is 9.77. The number of aliphatic hydroxyl groups excluding tert-OH is 1. The molecule has 1 aromatic carbocycles. The molecule has 3 aliphatic rings. The summed E-state index contributed by atoms with van der Waals surface area (Å²) in [6.45, 7) is 2.18. The van der Waals surface area contributed by atoms with Gasteiger partial charge in [-0.3, -0.25) is 9.59 Å². The molecule has 3 fully saturated rings. The zero-order valence-electron chi connectivity index (χ0n) is 20.5. The molecule has 0 heterocycles. The van der Waals surface area contributed by atoms with E-state index in [0.717, 1.165) is 12.8 Å². The maximum atomic E-state index is 13.3. The number of hydrogen-bond acceptors (Lipinski definition) is 8. The van der Waals surface area contributed by atoms with E-state index in [0.29, 0.717) is 31.4 Å². The van der Waals surface area contributed by atoms with E-state index in [2.05, 4.69) is 4.72 Å². The standard InChI is InChI=1S/C25H36N2O7S2/c1-2-12-27-36(33,34)16-9-7-15(8-10-16)11-13-35(31,32)20-14-19(28)21-22(23(20)26)25(30)18-6-4-3-5-17(18)24(21)29/h7-10,17-18,20-24,27,29H,2-6,11-14,26H2,1H3.